The standard InChI is InChI=1S/C26H24N2O7/c1-13-15(3)34-20-11-21-18(9-17(13)20)14(2)19(26(33)35-21)10-22(29)27-12-23(30)28-24(25(31)32)16-7-5-4-6-8-16/h4-9,11,24H,10,12H2,1-3H3,(H,27,29)(H,28,30)(H,31,32)/p-1/t24-/m1/s1. The van der Waals surface area contributed by atoms with E-state index in [4.69, 9.17) is 8.83 Å². The van der Waals surface area contributed by atoms with Crippen molar-refractivity contribution in [2.24, 2.45) is 0 Å². The summed E-state index contributed by atoms with van der Waals surface area (Å²) < 4.78 is 11.1. The van der Waals surface area contributed by atoms with Crippen LogP contribution in [0.15, 0.2) is 56.1 Å². The van der Waals surface area contributed by atoms with E-state index < -0.39 is 36.0 Å². The molecule has 4 aromatic rings. The van der Waals surface area contributed by atoms with Gasteiger partial charge in [-0.3, -0.25) is 9.59 Å². The number of carbonyl (C=O) groups is 3. The third kappa shape index (κ3) is 4.79. The van der Waals surface area contributed by atoms with Crippen molar-refractivity contribution in [2.45, 2.75) is 33.2 Å². The molecule has 0 aliphatic rings. The predicted molar refractivity (Wildman–Crippen MR) is 126 cm³/mol. The van der Waals surface area contributed by atoms with Crippen LogP contribution in [-0.4, -0.2) is 24.3 Å². The predicted octanol–water partition coefficient (Wildman–Crippen LogP) is 1.73. The van der Waals surface area contributed by atoms with Crippen LogP contribution in [0.4, 0.5) is 0 Å². The van der Waals surface area contributed by atoms with Crippen molar-refractivity contribution in [3.63, 3.8) is 0 Å². The average Bonchev–Trinajstić information content (AvgIpc) is 3.10. The van der Waals surface area contributed by atoms with Gasteiger partial charge >= 0.3 is 5.63 Å². The van der Waals surface area contributed by atoms with Crippen LogP contribution in [0.5, 0.6) is 0 Å². The molecule has 35 heavy (non-hydrogen) atoms. The van der Waals surface area contributed by atoms with Gasteiger partial charge in [-0.05, 0) is 43.5 Å². The minimum Gasteiger partial charge on any atom is -0.548 e. The van der Waals surface area contributed by atoms with Crippen LogP contribution in [0.2, 0.25) is 0 Å². The van der Waals surface area contributed by atoms with Gasteiger partial charge in [0, 0.05) is 16.8 Å². The molecule has 0 saturated heterocycles. The number of carboxylic acid groups (broad SMARTS) is 1. The molecule has 9 nitrogen and oxygen atoms in total. The van der Waals surface area contributed by atoms with Crippen LogP contribution in [0, 0.1) is 20.8 Å². The molecule has 2 amide bonds. The highest BCUT2D eigenvalue weighted by Gasteiger charge is 2.19. The number of aryl methyl sites for hydroxylation is 3. The highest BCUT2D eigenvalue weighted by molar-refractivity contribution is 5.97. The number of rotatable bonds is 7. The normalized spacial score (nSPS) is 12.0. The highest BCUT2D eigenvalue weighted by Crippen LogP contribution is 2.31. The van der Waals surface area contributed by atoms with Crippen LogP contribution < -0.4 is 21.4 Å². The molecule has 0 radical (unpaired) electrons. The number of furan rings is 1. The second-order valence-electron chi connectivity index (χ2n) is 8.30. The van der Waals surface area contributed by atoms with E-state index in [0.717, 1.165) is 16.7 Å². The number of nitrogens with one attached hydrogen (secondary N) is 2. The lowest BCUT2D eigenvalue weighted by atomic mass is 10.0. The summed E-state index contributed by atoms with van der Waals surface area (Å²) in [6.07, 6.45) is -0.304. The molecular weight excluding hydrogens is 452 g/mol. The monoisotopic (exact) mass is 475 g/mol. The van der Waals surface area contributed by atoms with Gasteiger partial charge in [-0.2, -0.15) is 0 Å². The second kappa shape index (κ2) is 9.46. The molecule has 180 valence electrons. The maximum atomic E-state index is 12.6. The van der Waals surface area contributed by atoms with Gasteiger partial charge in [0.1, 0.15) is 16.9 Å². The third-order valence-corrected chi connectivity index (χ3v) is 6.04. The van der Waals surface area contributed by atoms with Crippen molar-refractivity contribution >= 4 is 39.7 Å². The summed E-state index contributed by atoms with van der Waals surface area (Å²) in [7, 11) is 0. The molecule has 1 atom stereocenters. The number of hydrogen-bond donors (Lipinski definition) is 2. The summed E-state index contributed by atoms with van der Waals surface area (Å²) in [6, 6.07) is 10.2. The van der Waals surface area contributed by atoms with Crippen molar-refractivity contribution in [1.29, 1.82) is 0 Å². The molecule has 0 spiro atoms. The first-order valence-corrected chi connectivity index (χ1v) is 10.9. The van der Waals surface area contributed by atoms with Gasteiger partial charge in [-0.25, -0.2) is 4.79 Å². The number of aliphatic carboxylic acids is 1. The Morgan fingerprint density at radius 1 is 0.914 bits per heavy atom. The van der Waals surface area contributed by atoms with Gasteiger partial charge in [0.05, 0.1) is 30.5 Å². The first-order chi connectivity index (χ1) is 16.7. The molecule has 2 N–H and O–H groups in total. The number of amides is 2. The SMILES string of the molecule is Cc1oc2cc3oc(=O)c(CC(=O)NCC(=O)N[C@@H](C(=O)[O-])c4ccccc4)c(C)c3cc2c1C. The van der Waals surface area contributed by atoms with E-state index >= 15 is 0 Å². The Balaban J connectivity index is 1.48. The molecule has 9 heteroatoms. The summed E-state index contributed by atoms with van der Waals surface area (Å²) in [5, 5.41) is 17.7. The Labute approximate surface area is 199 Å². The molecule has 0 fully saturated rings. The lowest BCUT2D eigenvalue weighted by Gasteiger charge is -2.20. The molecule has 0 aliphatic heterocycles. The van der Waals surface area contributed by atoms with E-state index in [1.165, 1.54) is 0 Å². The molecule has 0 bridgehead atoms. The zero-order valence-electron chi connectivity index (χ0n) is 19.4. The highest BCUT2D eigenvalue weighted by atomic mass is 16.4. The van der Waals surface area contributed by atoms with E-state index in [1.807, 2.05) is 19.9 Å². The van der Waals surface area contributed by atoms with E-state index in [-0.39, 0.29) is 12.0 Å². The fourth-order valence-electron chi connectivity index (χ4n) is 3.97. The van der Waals surface area contributed by atoms with Crippen molar-refractivity contribution in [3.05, 3.63) is 80.9 Å². The first-order valence-electron chi connectivity index (χ1n) is 10.9. The average molecular weight is 475 g/mol. The first kappa shape index (κ1) is 23.7. The van der Waals surface area contributed by atoms with Crippen molar-refractivity contribution in [2.75, 3.05) is 6.54 Å². The van der Waals surface area contributed by atoms with Crippen LogP contribution in [-0.2, 0) is 20.8 Å². The van der Waals surface area contributed by atoms with Crippen molar-refractivity contribution in [1.82, 2.24) is 10.6 Å². The fourth-order valence-corrected chi connectivity index (χ4v) is 3.97. The number of benzene rings is 2. The van der Waals surface area contributed by atoms with Gasteiger partial charge in [0.25, 0.3) is 0 Å². The Morgan fingerprint density at radius 2 is 1.57 bits per heavy atom. The Hall–Kier alpha value is -4.40. The zero-order chi connectivity index (χ0) is 25.3. The smallest absolute Gasteiger partial charge is 0.340 e. The summed E-state index contributed by atoms with van der Waals surface area (Å²) in [5.74, 6) is -2.01. The van der Waals surface area contributed by atoms with Gasteiger partial charge in [0.2, 0.25) is 11.8 Å². The number of carbonyl (C=O) groups excluding carboxylic acids is 3. The topological polar surface area (TPSA) is 142 Å². The number of hydrogen-bond acceptors (Lipinski definition) is 7. The summed E-state index contributed by atoms with van der Waals surface area (Å²) in [6.45, 7) is 5.04. The van der Waals surface area contributed by atoms with E-state index in [2.05, 4.69) is 10.6 Å². The third-order valence-electron chi connectivity index (χ3n) is 6.04. The van der Waals surface area contributed by atoms with E-state index in [1.54, 1.807) is 43.3 Å². The van der Waals surface area contributed by atoms with Gasteiger partial charge in [0.15, 0.2) is 0 Å². The van der Waals surface area contributed by atoms with Gasteiger partial charge in [-0.1, -0.05) is 30.3 Å². The largest absolute Gasteiger partial charge is 0.548 e. The maximum absolute atomic E-state index is 12.6. The number of carboxylic acids is 1. The van der Waals surface area contributed by atoms with E-state index in [9.17, 15) is 24.3 Å². The molecule has 2 heterocycles. The van der Waals surface area contributed by atoms with Crippen LogP contribution in [0.3, 0.4) is 0 Å². The molecule has 0 unspecified atom stereocenters. The zero-order valence-corrected chi connectivity index (χ0v) is 19.4. The van der Waals surface area contributed by atoms with Gasteiger partial charge in [-0.15, -0.1) is 0 Å². The summed E-state index contributed by atoms with van der Waals surface area (Å²) in [5.41, 5.74) is 2.39. The van der Waals surface area contributed by atoms with Crippen molar-refractivity contribution < 1.29 is 28.3 Å². The Morgan fingerprint density at radius 3 is 2.26 bits per heavy atom. The summed E-state index contributed by atoms with van der Waals surface area (Å²) in [4.78, 5) is 48.8. The Kier molecular flexibility index (Phi) is 6.42. The maximum Gasteiger partial charge on any atom is 0.340 e. The molecule has 0 saturated carbocycles. The molecule has 0 aliphatic carbocycles. The second-order valence-corrected chi connectivity index (χ2v) is 8.30. The van der Waals surface area contributed by atoms with Crippen LogP contribution >= 0.6 is 0 Å². The minimum absolute atomic E-state index is 0.171. The quantitative estimate of drug-likeness (QED) is 0.388. The molecular formula is C26H23N2O7-. The lowest BCUT2D eigenvalue weighted by Crippen LogP contribution is -2.45. The van der Waals surface area contributed by atoms with Crippen LogP contribution in [0.1, 0.15) is 34.1 Å². The number of fused-ring (bicyclic) bond motifs is 2. The minimum atomic E-state index is -1.47. The van der Waals surface area contributed by atoms with Crippen molar-refractivity contribution in [3.8, 4) is 0 Å². The van der Waals surface area contributed by atoms with Crippen LogP contribution in [0.25, 0.3) is 21.9 Å². The molecule has 2 aromatic heterocycles. The summed E-state index contributed by atoms with van der Waals surface area (Å²) >= 11 is 0. The van der Waals surface area contributed by atoms with E-state index in [0.29, 0.717) is 27.7 Å². The lowest BCUT2D eigenvalue weighted by molar-refractivity contribution is -0.308. The van der Waals surface area contributed by atoms with Gasteiger partial charge < -0.3 is 29.4 Å². The Bertz CT molecular complexity index is 1520. The molecule has 4 rings (SSSR count). The fraction of sp³-hybridized carbons (Fsp3) is 0.231. The molecule has 2 aromatic carbocycles.